The largest absolute Gasteiger partial charge is 0.293 e. The number of hydrogen-bond donors (Lipinski definition) is 1. The molecule has 0 N–H and O–H groups in total. The first-order chi connectivity index (χ1) is 6.56. The van der Waals surface area contributed by atoms with Gasteiger partial charge in [-0.15, -0.1) is 12.6 Å². The fourth-order valence-corrected chi connectivity index (χ4v) is 1.88. The Bertz CT molecular complexity index is 347. The molecule has 14 heavy (non-hydrogen) atoms. The van der Waals surface area contributed by atoms with Crippen LogP contribution in [0, 0.1) is 0 Å². The van der Waals surface area contributed by atoms with Crippen LogP contribution in [0.5, 0.6) is 0 Å². The number of alkyl halides is 1. The summed E-state index contributed by atoms with van der Waals surface area (Å²) in [5, 5.41) is 0. The molecule has 1 aromatic carbocycles. The number of halogens is 1. The molecular weight excluding hydrogens is 260 g/mol. The van der Waals surface area contributed by atoms with Crippen molar-refractivity contribution in [3.8, 4) is 0 Å². The lowest BCUT2D eigenvalue weighted by molar-refractivity contribution is 0.0995. The van der Waals surface area contributed by atoms with Crippen LogP contribution in [0.4, 0.5) is 0 Å². The van der Waals surface area contributed by atoms with Gasteiger partial charge in [0.1, 0.15) is 0 Å². The van der Waals surface area contributed by atoms with E-state index in [4.69, 9.17) is 0 Å². The van der Waals surface area contributed by atoms with E-state index >= 15 is 0 Å². The van der Waals surface area contributed by atoms with Crippen LogP contribution in [-0.4, -0.2) is 10.6 Å². The maximum absolute atomic E-state index is 11.6. The minimum absolute atomic E-state index is 0.1000. The van der Waals surface area contributed by atoms with Crippen LogP contribution in [0.25, 0.3) is 0 Å². The van der Waals surface area contributed by atoms with Crippen molar-refractivity contribution in [2.75, 3.05) is 0 Å². The van der Waals surface area contributed by atoms with Crippen LogP contribution >= 0.6 is 28.6 Å². The molecular formula is C11H13BrOS. The summed E-state index contributed by atoms with van der Waals surface area (Å²) < 4.78 is 0. The summed E-state index contributed by atoms with van der Waals surface area (Å²) in [6.07, 6.45) is 0.942. The standard InChI is InChI=1S/C11H13BrOS/c1-3-8-4-5-9(6-10(8)14)11(13)7(2)12/h4-7,14H,3H2,1-2H3. The van der Waals surface area contributed by atoms with Crippen molar-refractivity contribution in [2.24, 2.45) is 0 Å². The molecule has 76 valence electrons. The van der Waals surface area contributed by atoms with Gasteiger partial charge >= 0.3 is 0 Å². The number of benzene rings is 1. The number of ketones is 1. The average Bonchev–Trinajstić information content (AvgIpc) is 2.16. The fraction of sp³-hybridized carbons (Fsp3) is 0.364. The summed E-state index contributed by atoms with van der Waals surface area (Å²) >= 11 is 7.61. The number of aryl methyl sites for hydroxylation is 1. The van der Waals surface area contributed by atoms with Gasteiger partial charge in [0.05, 0.1) is 4.83 Å². The first-order valence-corrected chi connectivity index (χ1v) is 5.92. The summed E-state index contributed by atoms with van der Waals surface area (Å²) in [6.45, 7) is 3.90. The molecule has 0 aliphatic carbocycles. The molecule has 0 saturated heterocycles. The van der Waals surface area contributed by atoms with Gasteiger partial charge in [0.2, 0.25) is 0 Å². The minimum atomic E-state index is -0.136. The molecule has 0 aromatic heterocycles. The molecule has 3 heteroatoms. The molecule has 0 radical (unpaired) electrons. The van der Waals surface area contributed by atoms with Crippen molar-refractivity contribution in [1.29, 1.82) is 0 Å². The molecule has 0 aliphatic heterocycles. The highest BCUT2D eigenvalue weighted by Gasteiger charge is 2.12. The van der Waals surface area contributed by atoms with Crippen LogP contribution in [0.2, 0.25) is 0 Å². The highest BCUT2D eigenvalue weighted by Crippen LogP contribution is 2.19. The molecule has 1 atom stereocenters. The SMILES string of the molecule is CCc1ccc(C(=O)C(C)Br)cc1S. The summed E-state index contributed by atoms with van der Waals surface area (Å²) in [5.41, 5.74) is 1.89. The first kappa shape index (κ1) is 11.8. The Kier molecular flexibility index (Phi) is 4.20. The molecule has 1 rings (SSSR count). The van der Waals surface area contributed by atoms with E-state index in [-0.39, 0.29) is 10.6 Å². The van der Waals surface area contributed by atoms with E-state index in [0.29, 0.717) is 0 Å². The van der Waals surface area contributed by atoms with Gasteiger partial charge in [-0.25, -0.2) is 0 Å². The maximum Gasteiger partial charge on any atom is 0.176 e. The lowest BCUT2D eigenvalue weighted by atomic mass is 10.1. The van der Waals surface area contributed by atoms with Crippen molar-refractivity contribution in [1.82, 2.24) is 0 Å². The second kappa shape index (κ2) is 4.99. The second-order valence-corrected chi connectivity index (χ2v) is 5.03. The van der Waals surface area contributed by atoms with Crippen LogP contribution in [0.15, 0.2) is 23.1 Å². The fourth-order valence-electron chi connectivity index (χ4n) is 1.25. The van der Waals surface area contributed by atoms with E-state index in [1.54, 1.807) is 0 Å². The maximum atomic E-state index is 11.6. The molecule has 1 unspecified atom stereocenters. The number of carbonyl (C=O) groups excluding carboxylic acids is 1. The van der Waals surface area contributed by atoms with Crippen LogP contribution < -0.4 is 0 Å². The number of carbonyl (C=O) groups is 1. The molecule has 0 bridgehead atoms. The number of Topliss-reactive ketones (excluding diaryl/α,β-unsaturated/α-hetero) is 1. The zero-order valence-corrected chi connectivity index (χ0v) is 10.7. The Morgan fingerprint density at radius 2 is 2.21 bits per heavy atom. The lowest BCUT2D eigenvalue weighted by Crippen LogP contribution is -2.10. The Labute approximate surface area is 98.4 Å². The molecule has 1 nitrogen and oxygen atoms in total. The lowest BCUT2D eigenvalue weighted by Gasteiger charge is -2.06. The number of hydrogen-bond acceptors (Lipinski definition) is 2. The third-order valence-electron chi connectivity index (χ3n) is 2.11. The van der Waals surface area contributed by atoms with Gasteiger partial charge in [0, 0.05) is 10.5 Å². The quantitative estimate of drug-likeness (QED) is 0.506. The van der Waals surface area contributed by atoms with E-state index in [0.717, 1.165) is 16.9 Å². The molecule has 1 aromatic rings. The van der Waals surface area contributed by atoms with Crippen molar-refractivity contribution >= 4 is 34.3 Å². The first-order valence-electron chi connectivity index (χ1n) is 4.56. The highest BCUT2D eigenvalue weighted by atomic mass is 79.9. The van der Waals surface area contributed by atoms with Gasteiger partial charge in [-0.05, 0) is 25.0 Å². The van der Waals surface area contributed by atoms with Crippen molar-refractivity contribution in [2.45, 2.75) is 30.0 Å². The Morgan fingerprint density at radius 3 is 2.64 bits per heavy atom. The van der Waals surface area contributed by atoms with Crippen LogP contribution in [0.3, 0.4) is 0 Å². The van der Waals surface area contributed by atoms with E-state index in [2.05, 4.69) is 35.5 Å². The predicted octanol–water partition coefficient (Wildman–Crippen LogP) is 3.50. The van der Waals surface area contributed by atoms with Gasteiger partial charge in [0.15, 0.2) is 5.78 Å². The predicted molar refractivity (Wildman–Crippen MR) is 65.8 cm³/mol. The summed E-state index contributed by atoms with van der Waals surface area (Å²) in [7, 11) is 0. The van der Waals surface area contributed by atoms with E-state index in [9.17, 15) is 4.79 Å². The van der Waals surface area contributed by atoms with Gasteiger partial charge in [-0.2, -0.15) is 0 Å². The van der Waals surface area contributed by atoms with Gasteiger partial charge in [-0.3, -0.25) is 4.79 Å². The van der Waals surface area contributed by atoms with E-state index < -0.39 is 0 Å². The van der Waals surface area contributed by atoms with Crippen LogP contribution in [0.1, 0.15) is 29.8 Å². The van der Waals surface area contributed by atoms with E-state index in [1.807, 2.05) is 25.1 Å². The average molecular weight is 273 g/mol. The normalized spacial score (nSPS) is 12.6. The summed E-state index contributed by atoms with van der Waals surface area (Å²) in [5.74, 6) is 0.1000. The molecule has 0 amide bonds. The van der Waals surface area contributed by atoms with Crippen molar-refractivity contribution in [3.05, 3.63) is 29.3 Å². The monoisotopic (exact) mass is 272 g/mol. The summed E-state index contributed by atoms with van der Waals surface area (Å²) in [4.78, 5) is 12.4. The van der Waals surface area contributed by atoms with Gasteiger partial charge in [0.25, 0.3) is 0 Å². The Morgan fingerprint density at radius 1 is 1.57 bits per heavy atom. The smallest absolute Gasteiger partial charge is 0.176 e. The van der Waals surface area contributed by atoms with Gasteiger partial charge < -0.3 is 0 Å². The topological polar surface area (TPSA) is 17.1 Å². The number of rotatable bonds is 3. The van der Waals surface area contributed by atoms with Gasteiger partial charge in [-0.1, -0.05) is 35.0 Å². The van der Waals surface area contributed by atoms with Crippen molar-refractivity contribution < 1.29 is 4.79 Å². The molecule has 0 heterocycles. The Hall–Kier alpha value is -0.280. The number of thiol groups is 1. The third-order valence-corrected chi connectivity index (χ3v) is 2.94. The molecule has 0 saturated carbocycles. The molecule has 0 spiro atoms. The molecule has 0 aliphatic rings. The van der Waals surface area contributed by atoms with E-state index in [1.165, 1.54) is 5.56 Å². The van der Waals surface area contributed by atoms with Crippen LogP contribution in [-0.2, 0) is 6.42 Å². The minimum Gasteiger partial charge on any atom is -0.293 e. The highest BCUT2D eigenvalue weighted by molar-refractivity contribution is 9.10. The third kappa shape index (κ3) is 2.61. The van der Waals surface area contributed by atoms with Crippen molar-refractivity contribution in [3.63, 3.8) is 0 Å². The molecule has 0 fully saturated rings. The Balaban J connectivity index is 3.03. The second-order valence-electron chi connectivity index (χ2n) is 3.18. The zero-order valence-electron chi connectivity index (χ0n) is 8.25. The summed E-state index contributed by atoms with van der Waals surface area (Å²) in [6, 6.07) is 5.66. The zero-order chi connectivity index (χ0) is 10.7.